The maximum atomic E-state index is 11.0. The van der Waals surface area contributed by atoms with Gasteiger partial charge in [-0.3, -0.25) is 0 Å². The topological polar surface area (TPSA) is 40.5 Å². The molecule has 3 aliphatic rings. The first-order valence-electron chi connectivity index (χ1n) is 9.02. The van der Waals surface area contributed by atoms with Crippen LogP contribution in [-0.2, 0) is 6.42 Å². The first-order valence-corrected chi connectivity index (χ1v) is 9.02. The van der Waals surface area contributed by atoms with E-state index < -0.39 is 5.60 Å². The van der Waals surface area contributed by atoms with Crippen molar-refractivity contribution in [1.29, 1.82) is 0 Å². The van der Waals surface area contributed by atoms with Crippen LogP contribution in [0.15, 0.2) is 30.9 Å². The van der Waals surface area contributed by atoms with Crippen molar-refractivity contribution in [2.75, 3.05) is 0 Å². The van der Waals surface area contributed by atoms with Crippen molar-refractivity contribution in [1.82, 2.24) is 0 Å². The monoisotopic (exact) mass is 312 g/mol. The van der Waals surface area contributed by atoms with E-state index in [4.69, 9.17) is 0 Å². The average molecular weight is 312 g/mol. The molecule has 2 fully saturated rings. The van der Waals surface area contributed by atoms with Crippen molar-refractivity contribution >= 4 is 0 Å². The van der Waals surface area contributed by atoms with Crippen LogP contribution in [0, 0.1) is 16.7 Å². The Morgan fingerprint density at radius 1 is 1.17 bits per heavy atom. The second kappa shape index (κ2) is 4.63. The van der Waals surface area contributed by atoms with Gasteiger partial charge < -0.3 is 10.2 Å². The van der Waals surface area contributed by atoms with E-state index in [0.29, 0.717) is 17.6 Å². The van der Waals surface area contributed by atoms with E-state index in [1.165, 1.54) is 11.1 Å². The Morgan fingerprint density at radius 3 is 2.70 bits per heavy atom. The Balaban J connectivity index is 1.84. The third-order valence-corrected chi connectivity index (χ3v) is 7.88. The molecular weight excluding hydrogens is 284 g/mol. The molecule has 2 saturated carbocycles. The number of hydrogen-bond donors (Lipinski definition) is 2. The van der Waals surface area contributed by atoms with Gasteiger partial charge in [0.2, 0.25) is 0 Å². The maximum absolute atomic E-state index is 11.0. The molecule has 0 spiro atoms. The van der Waals surface area contributed by atoms with E-state index in [1.807, 2.05) is 19.1 Å². The van der Waals surface area contributed by atoms with Crippen LogP contribution in [0.4, 0.5) is 0 Å². The minimum Gasteiger partial charge on any atom is -0.508 e. The predicted molar refractivity (Wildman–Crippen MR) is 92.5 cm³/mol. The summed E-state index contributed by atoms with van der Waals surface area (Å²) in [6.45, 7) is 8.60. The third kappa shape index (κ3) is 1.79. The van der Waals surface area contributed by atoms with Gasteiger partial charge in [-0.25, -0.2) is 0 Å². The molecule has 2 N–H and O–H groups in total. The van der Waals surface area contributed by atoms with Crippen molar-refractivity contribution in [3.05, 3.63) is 42.0 Å². The lowest BCUT2D eigenvalue weighted by molar-refractivity contribution is -0.108. The number of benzene rings is 1. The molecule has 2 heteroatoms. The molecule has 23 heavy (non-hydrogen) atoms. The predicted octanol–water partition coefficient (Wildman–Crippen LogP) is 4.56. The van der Waals surface area contributed by atoms with E-state index in [2.05, 4.69) is 25.6 Å². The third-order valence-electron chi connectivity index (χ3n) is 7.88. The van der Waals surface area contributed by atoms with Gasteiger partial charge in [-0.15, -0.1) is 6.58 Å². The number of hydrogen-bond acceptors (Lipinski definition) is 2. The van der Waals surface area contributed by atoms with E-state index in [1.54, 1.807) is 0 Å². The number of rotatable bonds is 1. The summed E-state index contributed by atoms with van der Waals surface area (Å²) in [5, 5.41) is 20.8. The minimum atomic E-state index is -0.562. The van der Waals surface area contributed by atoms with Gasteiger partial charge in [-0.05, 0) is 91.4 Å². The Morgan fingerprint density at radius 2 is 1.96 bits per heavy atom. The Hall–Kier alpha value is -1.28. The molecule has 3 aliphatic carbocycles. The molecular formula is C21H28O2. The normalized spacial score (nSPS) is 45.0. The molecule has 1 aromatic rings. The Kier molecular flexibility index (Phi) is 3.07. The van der Waals surface area contributed by atoms with E-state index in [0.717, 1.165) is 38.5 Å². The van der Waals surface area contributed by atoms with Crippen molar-refractivity contribution in [3.63, 3.8) is 0 Å². The quantitative estimate of drug-likeness (QED) is 0.747. The molecule has 0 radical (unpaired) electrons. The summed E-state index contributed by atoms with van der Waals surface area (Å²) in [5.41, 5.74) is 2.24. The number of phenolic OH excluding ortho intramolecular Hbond substituents is 1. The van der Waals surface area contributed by atoms with Crippen molar-refractivity contribution < 1.29 is 10.2 Å². The fraction of sp³-hybridized carbons (Fsp3) is 0.619. The Bertz CT molecular complexity index is 662. The van der Waals surface area contributed by atoms with Crippen molar-refractivity contribution in [2.45, 2.75) is 63.9 Å². The fourth-order valence-electron chi connectivity index (χ4n) is 6.35. The average Bonchev–Trinajstić information content (AvgIpc) is 2.77. The van der Waals surface area contributed by atoms with Crippen LogP contribution in [0.1, 0.15) is 63.0 Å². The van der Waals surface area contributed by atoms with E-state index in [9.17, 15) is 10.2 Å². The lowest BCUT2D eigenvalue weighted by Crippen LogP contribution is -2.54. The van der Waals surface area contributed by atoms with Gasteiger partial charge in [-0.1, -0.05) is 19.1 Å². The largest absolute Gasteiger partial charge is 0.508 e. The highest BCUT2D eigenvalue weighted by Crippen LogP contribution is 2.69. The second-order valence-electron chi connectivity index (χ2n) is 8.57. The summed E-state index contributed by atoms with van der Waals surface area (Å²) in [6.07, 6.45) is 8.49. The number of fused-ring (bicyclic) bond motifs is 5. The molecule has 0 heterocycles. The summed E-state index contributed by atoms with van der Waals surface area (Å²) in [4.78, 5) is 0. The SMILES string of the molecule is C=C[C@@]12CCc3cc(O)ccc3[C@H]1CC[C@@]1(C)[C@H]2CC[C@]1(C)O. The van der Waals surface area contributed by atoms with Crippen LogP contribution in [0.3, 0.4) is 0 Å². The van der Waals surface area contributed by atoms with E-state index >= 15 is 0 Å². The zero-order valence-electron chi connectivity index (χ0n) is 14.3. The van der Waals surface area contributed by atoms with E-state index in [-0.39, 0.29) is 10.8 Å². The lowest BCUT2D eigenvalue weighted by Gasteiger charge is -2.58. The van der Waals surface area contributed by atoms with Gasteiger partial charge in [0.15, 0.2) is 0 Å². The summed E-state index contributed by atoms with van der Waals surface area (Å²) in [6, 6.07) is 5.90. The highest BCUT2D eigenvalue weighted by atomic mass is 16.3. The van der Waals surface area contributed by atoms with Crippen LogP contribution in [0.2, 0.25) is 0 Å². The number of allylic oxidation sites excluding steroid dienone is 1. The number of aromatic hydroxyl groups is 1. The highest BCUT2D eigenvalue weighted by Gasteiger charge is 2.64. The molecule has 0 amide bonds. The Labute approximate surface area is 139 Å². The van der Waals surface area contributed by atoms with Crippen LogP contribution in [0.25, 0.3) is 0 Å². The molecule has 2 nitrogen and oxygen atoms in total. The molecule has 124 valence electrons. The molecule has 0 saturated heterocycles. The maximum Gasteiger partial charge on any atom is 0.115 e. The minimum absolute atomic E-state index is 0.00782. The molecule has 0 aliphatic heterocycles. The van der Waals surface area contributed by atoms with Crippen molar-refractivity contribution in [2.24, 2.45) is 16.7 Å². The number of aryl methyl sites for hydroxylation is 1. The summed E-state index contributed by atoms with van der Waals surface area (Å²) in [5.74, 6) is 1.36. The summed E-state index contributed by atoms with van der Waals surface area (Å²) < 4.78 is 0. The lowest BCUT2D eigenvalue weighted by atomic mass is 9.46. The summed E-state index contributed by atoms with van der Waals surface area (Å²) >= 11 is 0. The standard InChI is InChI=1S/C21H28O2/c1-4-21-12-7-14-13-15(22)5-6-16(14)17(21)8-10-19(2)18(21)9-11-20(19,3)23/h4-6,13,17-18,22-23H,1,7-12H2,2-3H3/t17-,18-,19+,20+,21-/m1/s1. The zero-order valence-corrected chi connectivity index (χ0v) is 14.3. The van der Waals surface area contributed by atoms with Gasteiger partial charge in [-0.2, -0.15) is 0 Å². The van der Waals surface area contributed by atoms with Crippen LogP contribution in [0.5, 0.6) is 5.75 Å². The number of aliphatic hydroxyl groups is 1. The molecule has 0 unspecified atom stereocenters. The highest BCUT2D eigenvalue weighted by molar-refractivity contribution is 5.43. The van der Waals surface area contributed by atoms with Gasteiger partial charge in [0.1, 0.15) is 5.75 Å². The molecule has 4 rings (SSSR count). The molecule has 0 aromatic heterocycles. The second-order valence-corrected chi connectivity index (χ2v) is 8.57. The van der Waals surface area contributed by atoms with Crippen LogP contribution < -0.4 is 0 Å². The van der Waals surface area contributed by atoms with Crippen molar-refractivity contribution in [3.8, 4) is 5.75 Å². The molecule has 5 atom stereocenters. The zero-order chi connectivity index (χ0) is 16.5. The van der Waals surface area contributed by atoms with Crippen LogP contribution in [-0.4, -0.2) is 15.8 Å². The number of phenols is 1. The smallest absolute Gasteiger partial charge is 0.115 e. The first kappa shape index (κ1) is 15.3. The van der Waals surface area contributed by atoms with Gasteiger partial charge in [0.05, 0.1) is 5.60 Å². The van der Waals surface area contributed by atoms with Gasteiger partial charge in [0, 0.05) is 0 Å². The molecule has 0 bridgehead atoms. The first-order chi connectivity index (χ1) is 10.8. The molecule has 1 aromatic carbocycles. The van der Waals surface area contributed by atoms with Gasteiger partial charge >= 0.3 is 0 Å². The summed E-state index contributed by atoms with van der Waals surface area (Å²) in [7, 11) is 0. The van der Waals surface area contributed by atoms with Gasteiger partial charge in [0.25, 0.3) is 0 Å². The fourth-order valence-corrected chi connectivity index (χ4v) is 6.35. The van der Waals surface area contributed by atoms with Crippen LogP contribution >= 0.6 is 0 Å².